The van der Waals surface area contributed by atoms with Crippen LogP contribution in [0.4, 0.5) is 0 Å². The third-order valence-corrected chi connectivity index (χ3v) is 2.47. The van der Waals surface area contributed by atoms with Crippen LogP contribution >= 0.6 is 0 Å². The van der Waals surface area contributed by atoms with Gasteiger partial charge in [-0.05, 0) is 13.0 Å². The van der Waals surface area contributed by atoms with E-state index in [2.05, 4.69) is 0 Å². The Bertz CT molecular complexity index is 546. The van der Waals surface area contributed by atoms with Crippen molar-refractivity contribution in [1.82, 2.24) is 0 Å². The molecule has 0 amide bonds. The minimum Gasteiger partial charge on any atom is -0.507 e. The Morgan fingerprint density at radius 2 is 1.53 bits per heavy atom. The van der Waals surface area contributed by atoms with Gasteiger partial charge in [-0.2, -0.15) is 0 Å². The summed E-state index contributed by atoms with van der Waals surface area (Å²) in [6, 6.07) is 4.42. The van der Waals surface area contributed by atoms with Crippen LogP contribution in [-0.4, -0.2) is 20.4 Å². The van der Waals surface area contributed by atoms with E-state index >= 15 is 0 Å². The molecule has 0 aliphatic carbocycles. The first kappa shape index (κ1) is 9.45. The first-order valence-corrected chi connectivity index (χ1v) is 4.39. The van der Waals surface area contributed by atoms with E-state index in [4.69, 9.17) is 0 Å². The molecule has 0 atom stereocenters. The fraction of sp³-hybridized carbons (Fsp3) is 0.0909. The molecule has 4 heteroatoms. The summed E-state index contributed by atoms with van der Waals surface area (Å²) < 4.78 is 0. The molecule has 0 aliphatic rings. The molecule has 2 rings (SSSR count). The summed E-state index contributed by atoms with van der Waals surface area (Å²) in [4.78, 5) is 0. The monoisotopic (exact) mass is 206 g/mol. The van der Waals surface area contributed by atoms with Gasteiger partial charge in [0, 0.05) is 10.9 Å². The van der Waals surface area contributed by atoms with Gasteiger partial charge < -0.3 is 20.4 Å². The molecule has 0 heterocycles. The van der Waals surface area contributed by atoms with E-state index in [0.29, 0.717) is 0 Å². The van der Waals surface area contributed by atoms with Gasteiger partial charge in [0.05, 0.1) is 5.39 Å². The molecule has 2 aromatic carbocycles. The molecule has 0 fully saturated rings. The van der Waals surface area contributed by atoms with Gasteiger partial charge >= 0.3 is 0 Å². The normalized spacial score (nSPS) is 10.7. The van der Waals surface area contributed by atoms with Crippen LogP contribution in [0, 0.1) is 6.92 Å². The lowest BCUT2D eigenvalue weighted by Crippen LogP contribution is -1.83. The molecule has 0 saturated heterocycles. The average Bonchev–Trinajstić information content (AvgIpc) is 2.23. The van der Waals surface area contributed by atoms with Crippen molar-refractivity contribution >= 4 is 10.8 Å². The molecular weight excluding hydrogens is 196 g/mol. The second kappa shape index (κ2) is 2.95. The van der Waals surface area contributed by atoms with E-state index in [1.165, 1.54) is 25.1 Å². The lowest BCUT2D eigenvalue weighted by molar-refractivity contribution is 0.397. The predicted octanol–water partition coefficient (Wildman–Crippen LogP) is 1.97. The standard InChI is InChI=1S/C11H10O4/c1-5-9(13)8-6(11(15)10(5)14)3-2-4-7(8)12/h2-4,12-15H,1H3. The van der Waals surface area contributed by atoms with E-state index in [-0.39, 0.29) is 39.3 Å². The zero-order valence-corrected chi connectivity index (χ0v) is 8.02. The van der Waals surface area contributed by atoms with Crippen molar-refractivity contribution in [2.45, 2.75) is 6.92 Å². The van der Waals surface area contributed by atoms with Crippen molar-refractivity contribution < 1.29 is 20.4 Å². The third kappa shape index (κ3) is 1.15. The molecule has 4 nitrogen and oxygen atoms in total. The van der Waals surface area contributed by atoms with Crippen molar-refractivity contribution in [1.29, 1.82) is 0 Å². The number of rotatable bonds is 0. The average molecular weight is 206 g/mol. The number of aromatic hydroxyl groups is 4. The Morgan fingerprint density at radius 1 is 0.867 bits per heavy atom. The number of fused-ring (bicyclic) bond motifs is 1. The van der Waals surface area contributed by atoms with E-state index < -0.39 is 0 Å². The van der Waals surface area contributed by atoms with Gasteiger partial charge in [-0.1, -0.05) is 12.1 Å². The molecule has 0 radical (unpaired) electrons. The van der Waals surface area contributed by atoms with Crippen molar-refractivity contribution in [3.05, 3.63) is 23.8 Å². The zero-order valence-electron chi connectivity index (χ0n) is 8.02. The summed E-state index contributed by atoms with van der Waals surface area (Å²) in [5.41, 5.74) is 0.140. The molecule has 0 unspecified atom stereocenters. The van der Waals surface area contributed by atoms with E-state index in [0.717, 1.165) is 0 Å². The van der Waals surface area contributed by atoms with Crippen LogP contribution in [-0.2, 0) is 0 Å². The topological polar surface area (TPSA) is 80.9 Å². The zero-order chi connectivity index (χ0) is 11.2. The second-order valence-electron chi connectivity index (χ2n) is 3.37. The summed E-state index contributed by atoms with van der Waals surface area (Å²) in [6.45, 7) is 1.45. The first-order chi connectivity index (χ1) is 7.04. The van der Waals surface area contributed by atoms with Gasteiger partial charge in [-0.3, -0.25) is 0 Å². The molecule has 0 saturated carbocycles. The van der Waals surface area contributed by atoms with Crippen LogP contribution < -0.4 is 0 Å². The molecule has 78 valence electrons. The maximum atomic E-state index is 9.71. The Balaban J connectivity index is 3.08. The minimum atomic E-state index is -0.370. The quantitative estimate of drug-likeness (QED) is 0.392. The summed E-state index contributed by atoms with van der Waals surface area (Å²) in [6.07, 6.45) is 0. The van der Waals surface area contributed by atoms with Crippen molar-refractivity contribution in [2.24, 2.45) is 0 Å². The Labute approximate surface area is 85.7 Å². The number of benzene rings is 2. The lowest BCUT2D eigenvalue weighted by atomic mass is 10.0. The van der Waals surface area contributed by atoms with Crippen LogP contribution in [0.1, 0.15) is 5.56 Å². The predicted molar refractivity (Wildman–Crippen MR) is 55.3 cm³/mol. The van der Waals surface area contributed by atoms with Gasteiger partial charge in [0.2, 0.25) is 0 Å². The van der Waals surface area contributed by atoms with Gasteiger partial charge in [-0.25, -0.2) is 0 Å². The van der Waals surface area contributed by atoms with Crippen LogP contribution in [0.15, 0.2) is 18.2 Å². The van der Waals surface area contributed by atoms with Crippen LogP contribution in [0.25, 0.3) is 10.8 Å². The van der Waals surface area contributed by atoms with Crippen molar-refractivity contribution in [3.8, 4) is 23.0 Å². The molecule has 0 aliphatic heterocycles. The van der Waals surface area contributed by atoms with Gasteiger partial charge in [0.15, 0.2) is 11.5 Å². The highest BCUT2D eigenvalue weighted by atomic mass is 16.3. The summed E-state index contributed by atoms with van der Waals surface area (Å²) in [5.74, 6) is -1.07. The lowest BCUT2D eigenvalue weighted by Gasteiger charge is -2.10. The Kier molecular flexibility index (Phi) is 1.86. The van der Waals surface area contributed by atoms with E-state index in [9.17, 15) is 20.4 Å². The summed E-state index contributed by atoms with van der Waals surface area (Å²) in [5, 5.41) is 38.7. The highest BCUT2D eigenvalue weighted by Crippen LogP contribution is 2.46. The Morgan fingerprint density at radius 3 is 2.20 bits per heavy atom. The molecule has 4 N–H and O–H groups in total. The fourth-order valence-corrected chi connectivity index (χ4v) is 1.59. The fourth-order valence-electron chi connectivity index (χ4n) is 1.59. The van der Waals surface area contributed by atoms with Crippen LogP contribution in [0.2, 0.25) is 0 Å². The molecule has 0 bridgehead atoms. The summed E-state index contributed by atoms with van der Waals surface area (Å²) in [7, 11) is 0. The van der Waals surface area contributed by atoms with Gasteiger partial charge in [-0.15, -0.1) is 0 Å². The molecule has 15 heavy (non-hydrogen) atoms. The Hall–Kier alpha value is -2.10. The highest BCUT2D eigenvalue weighted by Gasteiger charge is 2.17. The molecule has 2 aromatic rings. The number of phenolic OH excluding ortho intramolecular Hbond substituents is 4. The number of hydrogen-bond acceptors (Lipinski definition) is 4. The van der Waals surface area contributed by atoms with Crippen molar-refractivity contribution in [2.75, 3.05) is 0 Å². The first-order valence-electron chi connectivity index (χ1n) is 4.39. The van der Waals surface area contributed by atoms with E-state index in [1.54, 1.807) is 0 Å². The summed E-state index contributed by atoms with van der Waals surface area (Å²) >= 11 is 0. The maximum Gasteiger partial charge on any atom is 0.166 e. The molecule has 0 aromatic heterocycles. The van der Waals surface area contributed by atoms with Gasteiger partial charge in [0.25, 0.3) is 0 Å². The second-order valence-corrected chi connectivity index (χ2v) is 3.37. The number of hydrogen-bond donors (Lipinski definition) is 4. The number of phenols is 4. The molecule has 0 spiro atoms. The smallest absolute Gasteiger partial charge is 0.166 e. The van der Waals surface area contributed by atoms with Crippen molar-refractivity contribution in [3.63, 3.8) is 0 Å². The highest BCUT2D eigenvalue weighted by molar-refractivity contribution is 6.00. The SMILES string of the molecule is Cc1c(O)c(O)c2cccc(O)c2c1O. The maximum absolute atomic E-state index is 9.71. The largest absolute Gasteiger partial charge is 0.507 e. The van der Waals surface area contributed by atoms with Crippen LogP contribution in [0.3, 0.4) is 0 Å². The van der Waals surface area contributed by atoms with E-state index in [1.807, 2.05) is 0 Å². The third-order valence-electron chi connectivity index (χ3n) is 2.47. The minimum absolute atomic E-state index is 0.136. The van der Waals surface area contributed by atoms with Gasteiger partial charge in [0.1, 0.15) is 11.5 Å². The molecular formula is C11H10O4. The van der Waals surface area contributed by atoms with Crippen LogP contribution in [0.5, 0.6) is 23.0 Å².